The minimum absolute atomic E-state index is 0.0301. The van der Waals surface area contributed by atoms with Gasteiger partial charge in [-0.05, 0) is 30.3 Å². The lowest BCUT2D eigenvalue weighted by molar-refractivity contribution is 0.438. The van der Waals surface area contributed by atoms with Gasteiger partial charge in [-0.2, -0.15) is 0 Å². The zero-order chi connectivity index (χ0) is 14.0. The molecule has 19 heavy (non-hydrogen) atoms. The standard InChI is InChI=1S/C13H8BrF2NOS/c14-8-4-9(15)6-10(5-8)18-12-2-1-7(13(17)19)3-11(12)16/h1-6H,(H2,17,19). The largest absolute Gasteiger partial charge is 0.454 e. The molecular weight excluding hydrogens is 336 g/mol. The molecule has 2 N–H and O–H groups in total. The Morgan fingerprint density at radius 1 is 1.16 bits per heavy atom. The lowest BCUT2D eigenvalue weighted by atomic mass is 10.2. The number of hydrogen-bond acceptors (Lipinski definition) is 2. The molecule has 0 bridgehead atoms. The van der Waals surface area contributed by atoms with Crippen LogP contribution in [0.5, 0.6) is 11.5 Å². The summed E-state index contributed by atoms with van der Waals surface area (Å²) in [6.07, 6.45) is 0. The van der Waals surface area contributed by atoms with E-state index in [1.807, 2.05) is 0 Å². The fourth-order valence-corrected chi connectivity index (χ4v) is 2.02. The molecule has 98 valence electrons. The summed E-state index contributed by atoms with van der Waals surface area (Å²) >= 11 is 7.87. The van der Waals surface area contributed by atoms with Gasteiger partial charge in [0.15, 0.2) is 11.6 Å². The normalized spacial score (nSPS) is 10.3. The second kappa shape index (κ2) is 5.63. The summed E-state index contributed by atoms with van der Waals surface area (Å²) < 4.78 is 32.7. The lowest BCUT2D eigenvalue weighted by Crippen LogP contribution is -2.09. The second-order valence-electron chi connectivity index (χ2n) is 3.72. The van der Waals surface area contributed by atoms with Crippen LogP contribution in [0, 0.1) is 11.6 Å². The fraction of sp³-hybridized carbons (Fsp3) is 0. The van der Waals surface area contributed by atoms with Gasteiger partial charge in [-0.1, -0.05) is 28.1 Å². The molecule has 2 rings (SSSR count). The van der Waals surface area contributed by atoms with Gasteiger partial charge in [0, 0.05) is 16.1 Å². The monoisotopic (exact) mass is 343 g/mol. The van der Waals surface area contributed by atoms with Crippen LogP contribution >= 0.6 is 28.1 Å². The zero-order valence-electron chi connectivity index (χ0n) is 9.49. The molecule has 0 aliphatic rings. The van der Waals surface area contributed by atoms with E-state index in [0.717, 1.165) is 6.07 Å². The van der Waals surface area contributed by atoms with Crippen molar-refractivity contribution in [3.63, 3.8) is 0 Å². The summed E-state index contributed by atoms with van der Waals surface area (Å²) in [5, 5.41) is 0. The molecule has 2 nitrogen and oxygen atoms in total. The van der Waals surface area contributed by atoms with E-state index in [-0.39, 0.29) is 16.5 Å². The van der Waals surface area contributed by atoms with Crippen molar-refractivity contribution in [2.45, 2.75) is 0 Å². The van der Waals surface area contributed by atoms with E-state index < -0.39 is 11.6 Å². The predicted octanol–water partition coefficient (Wildman–Crippen LogP) is 4.15. The molecule has 0 saturated heterocycles. The molecule has 0 aromatic heterocycles. The Kier molecular flexibility index (Phi) is 4.11. The van der Waals surface area contributed by atoms with Crippen LogP contribution in [0.25, 0.3) is 0 Å². The summed E-state index contributed by atoms with van der Waals surface area (Å²) in [5.74, 6) is -0.943. The first-order valence-corrected chi connectivity index (χ1v) is 6.39. The molecule has 0 saturated carbocycles. The number of ether oxygens (including phenoxy) is 1. The molecule has 2 aromatic rings. The van der Waals surface area contributed by atoms with Gasteiger partial charge in [0.2, 0.25) is 0 Å². The highest BCUT2D eigenvalue weighted by molar-refractivity contribution is 9.10. The van der Waals surface area contributed by atoms with Crippen LogP contribution in [-0.4, -0.2) is 4.99 Å². The maximum atomic E-state index is 13.8. The highest BCUT2D eigenvalue weighted by atomic mass is 79.9. The molecule has 0 aliphatic heterocycles. The molecule has 0 unspecified atom stereocenters. The second-order valence-corrected chi connectivity index (χ2v) is 5.07. The van der Waals surface area contributed by atoms with Gasteiger partial charge >= 0.3 is 0 Å². The van der Waals surface area contributed by atoms with Crippen molar-refractivity contribution < 1.29 is 13.5 Å². The van der Waals surface area contributed by atoms with Crippen LogP contribution in [0.4, 0.5) is 8.78 Å². The third-order valence-corrected chi connectivity index (χ3v) is 2.97. The number of hydrogen-bond donors (Lipinski definition) is 1. The van der Waals surface area contributed by atoms with Gasteiger partial charge in [-0.25, -0.2) is 8.78 Å². The van der Waals surface area contributed by atoms with E-state index in [9.17, 15) is 8.78 Å². The van der Waals surface area contributed by atoms with Crippen molar-refractivity contribution in [1.29, 1.82) is 0 Å². The van der Waals surface area contributed by atoms with Crippen LogP contribution in [0.2, 0.25) is 0 Å². The molecular formula is C13H8BrF2NOS. The van der Waals surface area contributed by atoms with Crippen LogP contribution < -0.4 is 10.5 Å². The summed E-state index contributed by atoms with van der Waals surface area (Å²) in [6, 6.07) is 8.07. The van der Waals surface area contributed by atoms with Crippen molar-refractivity contribution in [1.82, 2.24) is 0 Å². The number of benzene rings is 2. The van der Waals surface area contributed by atoms with Gasteiger partial charge < -0.3 is 10.5 Å². The average Bonchev–Trinajstić information content (AvgIpc) is 2.30. The quantitative estimate of drug-likeness (QED) is 0.850. The van der Waals surface area contributed by atoms with Gasteiger partial charge in [-0.3, -0.25) is 0 Å². The first kappa shape index (κ1) is 13.9. The van der Waals surface area contributed by atoms with E-state index >= 15 is 0 Å². The van der Waals surface area contributed by atoms with Crippen molar-refractivity contribution in [3.05, 3.63) is 58.1 Å². The third-order valence-electron chi connectivity index (χ3n) is 2.28. The summed E-state index contributed by atoms with van der Waals surface area (Å²) in [7, 11) is 0. The predicted molar refractivity (Wildman–Crippen MR) is 76.5 cm³/mol. The maximum Gasteiger partial charge on any atom is 0.166 e. The van der Waals surface area contributed by atoms with Crippen LogP contribution in [-0.2, 0) is 0 Å². The number of thiocarbonyl (C=S) groups is 1. The summed E-state index contributed by atoms with van der Waals surface area (Å²) in [4.78, 5) is 0.0963. The van der Waals surface area contributed by atoms with Crippen molar-refractivity contribution in [2.75, 3.05) is 0 Å². The minimum atomic E-state index is -0.620. The Labute approximate surface area is 122 Å². The van der Waals surface area contributed by atoms with Crippen LogP contribution in [0.1, 0.15) is 5.56 Å². The SMILES string of the molecule is NC(=S)c1ccc(Oc2cc(F)cc(Br)c2)c(F)c1. The van der Waals surface area contributed by atoms with E-state index in [0.29, 0.717) is 10.0 Å². The maximum absolute atomic E-state index is 13.8. The van der Waals surface area contributed by atoms with E-state index in [1.165, 1.54) is 30.3 Å². The zero-order valence-corrected chi connectivity index (χ0v) is 11.9. The molecule has 0 amide bonds. The van der Waals surface area contributed by atoms with Crippen LogP contribution in [0.15, 0.2) is 40.9 Å². The lowest BCUT2D eigenvalue weighted by Gasteiger charge is -2.08. The molecule has 2 aromatic carbocycles. The molecule has 0 radical (unpaired) electrons. The van der Waals surface area contributed by atoms with E-state index in [1.54, 1.807) is 0 Å². The van der Waals surface area contributed by atoms with Gasteiger partial charge in [0.05, 0.1) is 0 Å². The Morgan fingerprint density at radius 2 is 1.89 bits per heavy atom. The van der Waals surface area contributed by atoms with Crippen molar-refractivity contribution in [2.24, 2.45) is 5.73 Å². The number of rotatable bonds is 3. The Hall–Kier alpha value is -1.53. The highest BCUT2D eigenvalue weighted by Gasteiger charge is 2.08. The van der Waals surface area contributed by atoms with E-state index in [4.69, 9.17) is 22.7 Å². The smallest absolute Gasteiger partial charge is 0.166 e. The van der Waals surface area contributed by atoms with Gasteiger partial charge in [-0.15, -0.1) is 0 Å². The van der Waals surface area contributed by atoms with Crippen LogP contribution in [0.3, 0.4) is 0 Å². The summed E-state index contributed by atoms with van der Waals surface area (Å²) in [6.45, 7) is 0. The molecule has 6 heteroatoms. The fourth-order valence-electron chi connectivity index (χ4n) is 1.45. The number of halogens is 3. The molecule has 0 fully saturated rings. The first-order chi connectivity index (χ1) is 8.95. The van der Waals surface area contributed by atoms with Gasteiger partial charge in [0.1, 0.15) is 16.6 Å². The number of nitrogens with two attached hydrogens (primary N) is 1. The topological polar surface area (TPSA) is 35.2 Å². The van der Waals surface area contributed by atoms with Crippen molar-refractivity contribution >= 4 is 33.1 Å². The Morgan fingerprint density at radius 3 is 2.47 bits per heavy atom. The Bertz CT molecular complexity index is 628. The van der Waals surface area contributed by atoms with Crippen molar-refractivity contribution in [3.8, 4) is 11.5 Å². The molecule has 0 heterocycles. The van der Waals surface area contributed by atoms with Gasteiger partial charge in [0.25, 0.3) is 0 Å². The minimum Gasteiger partial charge on any atom is -0.454 e. The molecule has 0 spiro atoms. The first-order valence-electron chi connectivity index (χ1n) is 5.19. The summed E-state index contributed by atoms with van der Waals surface area (Å²) in [5.41, 5.74) is 5.80. The Balaban J connectivity index is 2.30. The third kappa shape index (κ3) is 3.48. The highest BCUT2D eigenvalue weighted by Crippen LogP contribution is 2.28. The van der Waals surface area contributed by atoms with E-state index in [2.05, 4.69) is 15.9 Å². The molecule has 0 aliphatic carbocycles. The molecule has 0 atom stereocenters. The average molecular weight is 344 g/mol.